The highest BCUT2D eigenvalue weighted by molar-refractivity contribution is 6.05. The normalized spacial score (nSPS) is 11.0. The molecule has 1 amide bonds. The summed E-state index contributed by atoms with van der Waals surface area (Å²) in [6.07, 6.45) is -4.59. The van der Waals surface area contributed by atoms with Gasteiger partial charge in [-0.3, -0.25) is 4.79 Å². The molecule has 5 nitrogen and oxygen atoms in total. The summed E-state index contributed by atoms with van der Waals surface area (Å²) in [5.41, 5.74) is -0.497. The van der Waals surface area contributed by atoms with Gasteiger partial charge in [0, 0.05) is 11.1 Å². The van der Waals surface area contributed by atoms with Gasteiger partial charge in [-0.15, -0.1) is 0 Å². The highest BCUT2D eigenvalue weighted by atomic mass is 19.4. The zero-order chi connectivity index (χ0) is 23.1. The van der Waals surface area contributed by atoms with Crippen LogP contribution in [0.2, 0.25) is 0 Å². The highest BCUT2D eigenvalue weighted by Crippen LogP contribution is 2.35. The molecule has 0 aromatic heterocycles. The monoisotopic (exact) mass is 445 g/mol. The van der Waals surface area contributed by atoms with E-state index < -0.39 is 17.6 Å². The minimum atomic E-state index is -4.59. The van der Waals surface area contributed by atoms with Gasteiger partial charge in [0.25, 0.3) is 5.91 Å². The lowest BCUT2D eigenvalue weighted by atomic mass is 10.1. The lowest BCUT2D eigenvalue weighted by Gasteiger charge is -2.16. The number of hydrogen-bond donors (Lipinski definition) is 1. The summed E-state index contributed by atoms with van der Waals surface area (Å²) in [6, 6.07) is 16.5. The van der Waals surface area contributed by atoms with Crippen molar-refractivity contribution in [2.24, 2.45) is 0 Å². The van der Waals surface area contributed by atoms with Crippen molar-refractivity contribution in [1.29, 1.82) is 0 Å². The van der Waals surface area contributed by atoms with E-state index in [1.54, 1.807) is 30.3 Å². The first kappa shape index (κ1) is 23.0. The van der Waals surface area contributed by atoms with Crippen molar-refractivity contribution in [3.63, 3.8) is 0 Å². The highest BCUT2D eigenvalue weighted by Gasteiger charge is 2.33. The Hall–Kier alpha value is -3.68. The molecule has 0 bridgehead atoms. The zero-order valence-electron chi connectivity index (χ0n) is 17.5. The third-order valence-corrected chi connectivity index (χ3v) is 4.56. The van der Waals surface area contributed by atoms with Gasteiger partial charge in [0.1, 0.15) is 12.4 Å². The zero-order valence-corrected chi connectivity index (χ0v) is 17.5. The lowest BCUT2D eigenvalue weighted by Crippen LogP contribution is -2.17. The number of alkyl halides is 3. The third kappa shape index (κ3) is 5.51. The number of amides is 1. The summed E-state index contributed by atoms with van der Waals surface area (Å²) in [5.74, 6) is 0.882. The molecule has 8 heteroatoms. The second kappa shape index (κ2) is 10.1. The lowest BCUT2D eigenvalue weighted by molar-refractivity contribution is -0.136. The van der Waals surface area contributed by atoms with Crippen molar-refractivity contribution in [3.8, 4) is 17.2 Å². The van der Waals surface area contributed by atoms with Gasteiger partial charge in [-0.2, -0.15) is 13.2 Å². The summed E-state index contributed by atoms with van der Waals surface area (Å²) < 4.78 is 56.4. The fourth-order valence-corrected chi connectivity index (χ4v) is 3.06. The molecule has 3 rings (SSSR count). The smallest absolute Gasteiger partial charge is 0.418 e. The molecular weight excluding hydrogens is 423 g/mol. The molecule has 168 valence electrons. The number of methoxy groups -OCH3 is 1. The van der Waals surface area contributed by atoms with Crippen LogP contribution in [-0.4, -0.2) is 19.6 Å². The summed E-state index contributed by atoms with van der Waals surface area (Å²) in [6.45, 7) is 2.28. The van der Waals surface area contributed by atoms with Crippen LogP contribution in [0.5, 0.6) is 17.2 Å². The van der Waals surface area contributed by atoms with Crippen LogP contribution >= 0.6 is 0 Å². The van der Waals surface area contributed by atoms with Crippen LogP contribution in [0.1, 0.15) is 28.4 Å². The number of carbonyl (C=O) groups excluding carboxylic acids is 1. The van der Waals surface area contributed by atoms with Gasteiger partial charge in [0.2, 0.25) is 0 Å². The molecular formula is C24H22F3NO4. The van der Waals surface area contributed by atoms with Crippen molar-refractivity contribution in [1.82, 2.24) is 0 Å². The van der Waals surface area contributed by atoms with E-state index in [1.165, 1.54) is 37.4 Å². The minimum Gasteiger partial charge on any atom is -0.493 e. The van der Waals surface area contributed by atoms with E-state index in [1.807, 2.05) is 6.92 Å². The molecule has 0 unspecified atom stereocenters. The predicted molar refractivity (Wildman–Crippen MR) is 114 cm³/mol. The predicted octanol–water partition coefficient (Wildman–Crippen LogP) is 5.94. The van der Waals surface area contributed by atoms with Gasteiger partial charge in [-0.1, -0.05) is 24.3 Å². The topological polar surface area (TPSA) is 56.8 Å². The molecule has 3 aromatic rings. The molecule has 3 aromatic carbocycles. The quantitative estimate of drug-likeness (QED) is 0.466. The van der Waals surface area contributed by atoms with Gasteiger partial charge >= 0.3 is 6.18 Å². The first-order valence-electron chi connectivity index (χ1n) is 9.82. The molecule has 32 heavy (non-hydrogen) atoms. The first-order chi connectivity index (χ1) is 15.3. The van der Waals surface area contributed by atoms with E-state index in [9.17, 15) is 18.0 Å². The van der Waals surface area contributed by atoms with Crippen LogP contribution < -0.4 is 19.5 Å². The number of hydrogen-bond acceptors (Lipinski definition) is 4. The minimum absolute atomic E-state index is 0.0654. The Balaban J connectivity index is 1.85. The standard InChI is InChI=1S/C24H22F3NO4/c1-3-31-20-13-12-16(14-17(20)15-32-22-11-7-6-10-21(22)30-2)23(29)28-19-9-5-4-8-18(19)24(25,26)27/h4-14H,3,15H2,1-2H3,(H,28,29). The average molecular weight is 445 g/mol. The van der Waals surface area contributed by atoms with E-state index in [0.29, 0.717) is 29.4 Å². The van der Waals surface area contributed by atoms with Crippen molar-refractivity contribution in [2.75, 3.05) is 19.0 Å². The SMILES string of the molecule is CCOc1ccc(C(=O)Nc2ccccc2C(F)(F)F)cc1COc1ccccc1OC. The van der Waals surface area contributed by atoms with E-state index in [-0.39, 0.29) is 17.9 Å². The Morgan fingerprint density at radius 2 is 1.59 bits per heavy atom. The van der Waals surface area contributed by atoms with Crippen molar-refractivity contribution in [3.05, 3.63) is 83.4 Å². The average Bonchev–Trinajstić information content (AvgIpc) is 2.78. The second-order valence-electron chi connectivity index (χ2n) is 6.69. The Morgan fingerprint density at radius 3 is 2.28 bits per heavy atom. The largest absolute Gasteiger partial charge is 0.493 e. The molecule has 0 saturated heterocycles. The first-order valence-corrected chi connectivity index (χ1v) is 9.82. The fraction of sp³-hybridized carbons (Fsp3) is 0.208. The van der Waals surface area contributed by atoms with Crippen LogP contribution in [0, 0.1) is 0 Å². The van der Waals surface area contributed by atoms with Crippen LogP contribution in [0.15, 0.2) is 66.7 Å². The number of benzene rings is 3. The van der Waals surface area contributed by atoms with E-state index in [2.05, 4.69) is 5.32 Å². The molecule has 0 aliphatic carbocycles. The van der Waals surface area contributed by atoms with Crippen LogP contribution in [0.25, 0.3) is 0 Å². The number of rotatable bonds is 8. The second-order valence-corrected chi connectivity index (χ2v) is 6.69. The number of carbonyl (C=O) groups is 1. The Morgan fingerprint density at radius 1 is 0.906 bits per heavy atom. The fourth-order valence-electron chi connectivity index (χ4n) is 3.06. The number of para-hydroxylation sites is 3. The Bertz CT molecular complexity index is 1080. The Kier molecular flexibility index (Phi) is 7.25. The van der Waals surface area contributed by atoms with Gasteiger partial charge < -0.3 is 19.5 Å². The number of nitrogens with one attached hydrogen (secondary N) is 1. The molecule has 0 spiro atoms. The number of anilines is 1. The third-order valence-electron chi connectivity index (χ3n) is 4.56. The molecule has 0 heterocycles. The maximum absolute atomic E-state index is 13.2. The van der Waals surface area contributed by atoms with Gasteiger partial charge in [0.15, 0.2) is 11.5 Å². The maximum Gasteiger partial charge on any atom is 0.418 e. The van der Waals surface area contributed by atoms with E-state index in [0.717, 1.165) is 6.07 Å². The summed E-state index contributed by atoms with van der Waals surface area (Å²) in [4.78, 5) is 12.7. The number of ether oxygens (including phenoxy) is 3. The van der Waals surface area contributed by atoms with Gasteiger partial charge in [0.05, 0.1) is 25.0 Å². The van der Waals surface area contributed by atoms with Crippen molar-refractivity contribution >= 4 is 11.6 Å². The number of halogens is 3. The molecule has 0 saturated carbocycles. The van der Waals surface area contributed by atoms with Crippen LogP contribution in [0.3, 0.4) is 0 Å². The molecule has 0 fully saturated rings. The van der Waals surface area contributed by atoms with Crippen LogP contribution in [-0.2, 0) is 12.8 Å². The van der Waals surface area contributed by atoms with E-state index in [4.69, 9.17) is 14.2 Å². The Labute approximate surface area is 183 Å². The summed E-state index contributed by atoms with van der Waals surface area (Å²) in [7, 11) is 1.53. The van der Waals surface area contributed by atoms with Crippen molar-refractivity contribution in [2.45, 2.75) is 19.7 Å². The van der Waals surface area contributed by atoms with Gasteiger partial charge in [-0.25, -0.2) is 0 Å². The van der Waals surface area contributed by atoms with E-state index >= 15 is 0 Å². The van der Waals surface area contributed by atoms with Gasteiger partial charge in [-0.05, 0) is 49.4 Å². The molecule has 0 aliphatic rings. The van der Waals surface area contributed by atoms with Crippen LogP contribution in [0.4, 0.5) is 18.9 Å². The maximum atomic E-state index is 13.2. The molecule has 1 N–H and O–H groups in total. The molecule has 0 radical (unpaired) electrons. The molecule has 0 aliphatic heterocycles. The van der Waals surface area contributed by atoms with Crippen molar-refractivity contribution < 1.29 is 32.2 Å². The summed E-state index contributed by atoms with van der Waals surface area (Å²) >= 11 is 0. The molecule has 0 atom stereocenters. The summed E-state index contributed by atoms with van der Waals surface area (Å²) in [5, 5.41) is 2.34.